The maximum Gasteiger partial charge on any atom is 0.0659 e. The molecule has 20 heavy (non-hydrogen) atoms. The van der Waals surface area contributed by atoms with Crippen molar-refractivity contribution in [3.63, 3.8) is 0 Å². The molecule has 0 radical (unpaired) electrons. The Labute approximate surface area is 121 Å². The molecule has 0 saturated carbocycles. The lowest BCUT2D eigenvalue weighted by Crippen LogP contribution is -2.17. The Hall–Kier alpha value is -1.38. The minimum Gasteiger partial charge on any atom is -0.379 e. The van der Waals surface area contributed by atoms with Crippen LogP contribution >= 0.6 is 0 Å². The van der Waals surface area contributed by atoms with Crippen LogP contribution in [0.5, 0.6) is 0 Å². The number of rotatable bonds is 7. The van der Waals surface area contributed by atoms with Gasteiger partial charge in [-0.3, -0.25) is 0 Å². The molecule has 0 saturated heterocycles. The monoisotopic (exact) mass is 271 g/mol. The molecule has 2 aromatic rings. The maximum atomic E-state index is 6.20. The van der Waals surface area contributed by atoms with Crippen LogP contribution in [0.4, 0.5) is 0 Å². The van der Waals surface area contributed by atoms with Gasteiger partial charge in [-0.05, 0) is 41.2 Å². The van der Waals surface area contributed by atoms with Crippen LogP contribution in [0.1, 0.15) is 38.3 Å². The van der Waals surface area contributed by atoms with E-state index in [-0.39, 0.29) is 6.04 Å². The summed E-state index contributed by atoms with van der Waals surface area (Å²) in [6, 6.07) is 14.7. The largest absolute Gasteiger partial charge is 0.379 e. The van der Waals surface area contributed by atoms with E-state index < -0.39 is 0 Å². The fourth-order valence-corrected chi connectivity index (χ4v) is 2.34. The molecular weight excluding hydrogens is 246 g/mol. The summed E-state index contributed by atoms with van der Waals surface area (Å²) in [5.74, 6) is 0.743. The fraction of sp³-hybridized carbons (Fsp3) is 0.444. The van der Waals surface area contributed by atoms with Gasteiger partial charge in [-0.25, -0.2) is 0 Å². The Kier molecular flexibility index (Phi) is 5.57. The number of hydrogen-bond donors (Lipinski definition) is 1. The molecule has 0 heterocycles. The van der Waals surface area contributed by atoms with Crippen LogP contribution in [-0.2, 0) is 4.74 Å². The lowest BCUT2D eigenvalue weighted by molar-refractivity contribution is 0.115. The highest BCUT2D eigenvalue weighted by Gasteiger charge is 2.07. The molecule has 0 amide bonds. The molecule has 2 rings (SSSR count). The van der Waals surface area contributed by atoms with Crippen molar-refractivity contribution in [3.05, 3.63) is 48.0 Å². The number of fused-ring (bicyclic) bond motifs is 1. The second-order valence-electron chi connectivity index (χ2n) is 5.82. The second-order valence-corrected chi connectivity index (χ2v) is 5.82. The van der Waals surface area contributed by atoms with E-state index >= 15 is 0 Å². The summed E-state index contributed by atoms with van der Waals surface area (Å²) >= 11 is 0. The Morgan fingerprint density at radius 2 is 1.80 bits per heavy atom. The Bertz CT molecular complexity index is 536. The molecule has 0 aliphatic heterocycles. The zero-order valence-corrected chi connectivity index (χ0v) is 12.5. The van der Waals surface area contributed by atoms with Crippen molar-refractivity contribution < 1.29 is 4.74 Å². The predicted molar refractivity (Wildman–Crippen MR) is 85.8 cm³/mol. The van der Waals surface area contributed by atoms with Gasteiger partial charge in [0.05, 0.1) is 12.6 Å². The molecule has 0 aliphatic carbocycles. The molecule has 1 unspecified atom stereocenters. The van der Waals surface area contributed by atoms with E-state index in [9.17, 15) is 0 Å². The maximum absolute atomic E-state index is 6.20. The third kappa shape index (κ3) is 4.32. The Morgan fingerprint density at radius 3 is 2.55 bits per heavy atom. The standard InChI is InChI=1S/C18H25NO/c1-14(2)6-5-11-20-13-18(19)17-10-9-15-7-3-4-8-16(15)12-17/h3-4,7-10,12,14,18H,5-6,11,13,19H2,1-2H3. The van der Waals surface area contributed by atoms with E-state index in [1.807, 2.05) is 0 Å². The van der Waals surface area contributed by atoms with Gasteiger partial charge in [0.15, 0.2) is 0 Å². The molecular formula is C18H25NO. The van der Waals surface area contributed by atoms with Crippen LogP contribution in [0.25, 0.3) is 10.8 Å². The van der Waals surface area contributed by atoms with E-state index in [2.05, 4.69) is 56.3 Å². The quantitative estimate of drug-likeness (QED) is 0.762. The summed E-state index contributed by atoms with van der Waals surface area (Å²) < 4.78 is 5.69. The first-order valence-corrected chi connectivity index (χ1v) is 7.49. The van der Waals surface area contributed by atoms with Gasteiger partial charge < -0.3 is 10.5 Å². The van der Waals surface area contributed by atoms with Gasteiger partial charge in [0.2, 0.25) is 0 Å². The van der Waals surface area contributed by atoms with Crippen LogP contribution in [0.3, 0.4) is 0 Å². The average molecular weight is 271 g/mol. The van der Waals surface area contributed by atoms with Crippen molar-refractivity contribution >= 4 is 10.8 Å². The van der Waals surface area contributed by atoms with Gasteiger partial charge in [-0.15, -0.1) is 0 Å². The molecule has 0 bridgehead atoms. The van der Waals surface area contributed by atoms with Crippen LogP contribution in [-0.4, -0.2) is 13.2 Å². The van der Waals surface area contributed by atoms with Crippen molar-refractivity contribution in [2.75, 3.05) is 13.2 Å². The summed E-state index contributed by atoms with van der Waals surface area (Å²) in [6.07, 6.45) is 2.33. The highest BCUT2D eigenvalue weighted by molar-refractivity contribution is 5.83. The lowest BCUT2D eigenvalue weighted by Gasteiger charge is -2.14. The van der Waals surface area contributed by atoms with Gasteiger partial charge in [-0.1, -0.05) is 50.2 Å². The van der Waals surface area contributed by atoms with E-state index in [4.69, 9.17) is 10.5 Å². The van der Waals surface area contributed by atoms with Crippen molar-refractivity contribution in [1.82, 2.24) is 0 Å². The Balaban J connectivity index is 1.86. The molecule has 0 spiro atoms. The van der Waals surface area contributed by atoms with Crippen molar-refractivity contribution in [3.8, 4) is 0 Å². The van der Waals surface area contributed by atoms with Crippen LogP contribution < -0.4 is 5.73 Å². The molecule has 0 fully saturated rings. The zero-order valence-electron chi connectivity index (χ0n) is 12.5. The van der Waals surface area contributed by atoms with Gasteiger partial charge in [0.1, 0.15) is 0 Å². The van der Waals surface area contributed by atoms with E-state index in [1.165, 1.54) is 17.2 Å². The Morgan fingerprint density at radius 1 is 1.05 bits per heavy atom. The molecule has 0 aromatic heterocycles. The van der Waals surface area contributed by atoms with Gasteiger partial charge in [-0.2, -0.15) is 0 Å². The van der Waals surface area contributed by atoms with Crippen molar-refractivity contribution in [1.29, 1.82) is 0 Å². The van der Waals surface area contributed by atoms with Crippen molar-refractivity contribution in [2.45, 2.75) is 32.7 Å². The smallest absolute Gasteiger partial charge is 0.0659 e. The summed E-state index contributed by atoms with van der Waals surface area (Å²) in [7, 11) is 0. The minimum atomic E-state index is -0.0429. The second kappa shape index (κ2) is 7.41. The SMILES string of the molecule is CC(C)CCCOCC(N)c1ccc2ccccc2c1. The zero-order chi connectivity index (χ0) is 14.4. The lowest BCUT2D eigenvalue weighted by atomic mass is 10.0. The van der Waals surface area contributed by atoms with E-state index in [0.29, 0.717) is 6.61 Å². The first kappa shape index (κ1) is 15.0. The van der Waals surface area contributed by atoms with Crippen LogP contribution in [0.2, 0.25) is 0 Å². The molecule has 2 nitrogen and oxygen atoms in total. The first-order chi connectivity index (χ1) is 9.66. The number of nitrogens with two attached hydrogens (primary N) is 1. The third-order valence-corrected chi connectivity index (χ3v) is 3.57. The molecule has 0 aliphatic rings. The minimum absolute atomic E-state index is 0.0429. The normalized spacial score (nSPS) is 13.0. The van der Waals surface area contributed by atoms with Gasteiger partial charge in [0, 0.05) is 6.61 Å². The van der Waals surface area contributed by atoms with Gasteiger partial charge in [0.25, 0.3) is 0 Å². The first-order valence-electron chi connectivity index (χ1n) is 7.49. The molecule has 108 valence electrons. The van der Waals surface area contributed by atoms with E-state index in [0.717, 1.165) is 24.5 Å². The van der Waals surface area contributed by atoms with Crippen LogP contribution in [0.15, 0.2) is 42.5 Å². The molecule has 2 N–H and O–H groups in total. The fourth-order valence-electron chi connectivity index (χ4n) is 2.34. The number of benzene rings is 2. The van der Waals surface area contributed by atoms with Crippen LogP contribution in [0, 0.1) is 5.92 Å². The molecule has 2 aromatic carbocycles. The highest BCUT2D eigenvalue weighted by atomic mass is 16.5. The molecule has 1 atom stereocenters. The number of ether oxygens (including phenoxy) is 1. The summed E-state index contributed by atoms with van der Waals surface area (Å²) in [5.41, 5.74) is 7.35. The topological polar surface area (TPSA) is 35.2 Å². The molecule has 2 heteroatoms. The average Bonchev–Trinajstić information content (AvgIpc) is 2.46. The summed E-state index contributed by atoms with van der Waals surface area (Å²) in [5, 5.41) is 2.49. The summed E-state index contributed by atoms with van der Waals surface area (Å²) in [4.78, 5) is 0. The highest BCUT2D eigenvalue weighted by Crippen LogP contribution is 2.19. The van der Waals surface area contributed by atoms with Crippen molar-refractivity contribution in [2.24, 2.45) is 11.7 Å². The van der Waals surface area contributed by atoms with E-state index in [1.54, 1.807) is 0 Å². The van der Waals surface area contributed by atoms with Gasteiger partial charge >= 0.3 is 0 Å². The third-order valence-electron chi connectivity index (χ3n) is 3.57. The summed E-state index contributed by atoms with van der Waals surface area (Å²) in [6.45, 7) is 5.87. The number of hydrogen-bond acceptors (Lipinski definition) is 2. The predicted octanol–water partition coefficient (Wildman–Crippen LogP) is 4.29.